The molecule has 1 amide bonds. The highest BCUT2D eigenvalue weighted by atomic mass is 35.5. The Bertz CT molecular complexity index is 434. The lowest BCUT2D eigenvalue weighted by Crippen LogP contribution is -2.32. The minimum absolute atomic E-state index is 0.325. The molecule has 1 aromatic rings. The van der Waals surface area contributed by atoms with Crippen LogP contribution >= 0.6 is 11.6 Å². The molecule has 0 aromatic heterocycles. The van der Waals surface area contributed by atoms with Gasteiger partial charge < -0.3 is 10.0 Å². The monoisotopic (exact) mass is 255 g/mol. The Morgan fingerprint density at radius 1 is 1.59 bits per heavy atom. The van der Waals surface area contributed by atoms with Gasteiger partial charge in [0.25, 0.3) is 0 Å². The maximum absolute atomic E-state index is 11.2. The van der Waals surface area contributed by atoms with Gasteiger partial charge in [-0.1, -0.05) is 23.7 Å². The van der Waals surface area contributed by atoms with Gasteiger partial charge >= 0.3 is 5.97 Å². The van der Waals surface area contributed by atoms with Crippen molar-refractivity contribution in [3.63, 3.8) is 0 Å². The third-order valence-electron chi connectivity index (χ3n) is 2.58. The van der Waals surface area contributed by atoms with Crippen molar-refractivity contribution in [2.45, 2.75) is 19.9 Å². The number of hydrogen-bond acceptors (Lipinski definition) is 2. The highest BCUT2D eigenvalue weighted by Crippen LogP contribution is 2.25. The van der Waals surface area contributed by atoms with E-state index in [1.165, 1.54) is 4.90 Å². The molecule has 0 radical (unpaired) electrons. The Labute approximate surface area is 105 Å². The number of aliphatic carboxylic acids is 1. The summed E-state index contributed by atoms with van der Waals surface area (Å²) < 4.78 is 0. The number of carboxylic acids is 1. The van der Waals surface area contributed by atoms with Crippen molar-refractivity contribution in [1.29, 1.82) is 0 Å². The summed E-state index contributed by atoms with van der Waals surface area (Å²) in [5, 5.41) is 9.67. The second-order valence-corrected chi connectivity index (χ2v) is 4.09. The maximum Gasteiger partial charge on any atom is 0.331 e. The smallest absolute Gasteiger partial charge is 0.331 e. The van der Waals surface area contributed by atoms with Gasteiger partial charge in [0, 0.05) is 11.6 Å². The summed E-state index contributed by atoms with van der Waals surface area (Å²) in [5.41, 5.74) is 1.37. The summed E-state index contributed by atoms with van der Waals surface area (Å²) in [6.45, 7) is 3.88. The number of carboxylic acid groups (broad SMARTS) is 1. The van der Waals surface area contributed by atoms with E-state index in [1.807, 2.05) is 6.92 Å². The van der Waals surface area contributed by atoms with Crippen LogP contribution in [0.1, 0.15) is 24.1 Å². The molecular weight excluding hydrogens is 242 g/mol. The molecule has 0 aliphatic rings. The van der Waals surface area contributed by atoms with E-state index in [-0.39, 0.29) is 0 Å². The predicted octanol–water partition coefficient (Wildman–Crippen LogP) is 2.25. The number of carbonyl (C=O) groups is 2. The quantitative estimate of drug-likeness (QED) is 0.821. The van der Waals surface area contributed by atoms with Crippen LogP contribution in [0, 0.1) is 6.92 Å². The predicted molar refractivity (Wildman–Crippen MR) is 65.0 cm³/mol. The van der Waals surface area contributed by atoms with E-state index in [2.05, 4.69) is 0 Å². The summed E-state index contributed by atoms with van der Waals surface area (Å²) in [4.78, 5) is 23.3. The van der Waals surface area contributed by atoms with E-state index in [1.54, 1.807) is 25.1 Å². The molecule has 1 N–H and O–H groups in total. The first-order valence-corrected chi connectivity index (χ1v) is 5.59. The van der Waals surface area contributed by atoms with Crippen LogP contribution in [0.15, 0.2) is 18.2 Å². The topological polar surface area (TPSA) is 57.6 Å². The van der Waals surface area contributed by atoms with Crippen molar-refractivity contribution in [1.82, 2.24) is 4.90 Å². The van der Waals surface area contributed by atoms with Gasteiger partial charge in [0.2, 0.25) is 6.41 Å². The molecule has 0 fully saturated rings. The second kappa shape index (κ2) is 5.68. The van der Waals surface area contributed by atoms with Gasteiger partial charge in [0.15, 0.2) is 6.04 Å². The molecule has 0 bridgehead atoms. The SMILES string of the molecule is CCN(C=O)C(C(=O)O)c1ccc(C)c(Cl)c1. The van der Waals surface area contributed by atoms with Gasteiger partial charge in [-0.2, -0.15) is 0 Å². The van der Waals surface area contributed by atoms with E-state index in [0.717, 1.165) is 5.56 Å². The highest BCUT2D eigenvalue weighted by Gasteiger charge is 2.25. The Hall–Kier alpha value is -1.55. The van der Waals surface area contributed by atoms with E-state index in [4.69, 9.17) is 11.6 Å². The Morgan fingerprint density at radius 3 is 2.65 bits per heavy atom. The molecular formula is C12H14ClNO3. The van der Waals surface area contributed by atoms with Crippen LogP contribution < -0.4 is 0 Å². The van der Waals surface area contributed by atoms with Crippen LogP contribution in [0.25, 0.3) is 0 Å². The Morgan fingerprint density at radius 2 is 2.24 bits per heavy atom. The second-order valence-electron chi connectivity index (χ2n) is 3.69. The molecule has 4 nitrogen and oxygen atoms in total. The fourth-order valence-electron chi connectivity index (χ4n) is 1.57. The summed E-state index contributed by atoms with van der Waals surface area (Å²) in [5.74, 6) is -1.07. The zero-order valence-electron chi connectivity index (χ0n) is 9.68. The van der Waals surface area contributed by atoms with Gasteiger partial charge in [-0.15, -0.1) is 0 Å². The number of benzene rings is 1. The van der Waals surface area contributed by atoms with Gasteiger partial charge in [0.1, 0.15) is 0 Å². The molecule has 5 heteroatoms. The van der Waals surface area contributed by atoms with Crippen molar-refractivity contribution < 1.29 is 14.7 Å². The number of amides is 1. The Balaban J connectivity index is 3.18. The summed E-state index contributed by atoms with van der Waals surface area (Å²) in [6.07, 6.45) is 0.534. The fourth-order valence-corrected chi connectivity index (χ4v) is 1.76. The first kappa shape index (κ1) is 13.5. The zero-order chi connectivity index (χ0) is 13.0. The van der Waals surface area contributed by atoms with E-state index < -0.39 is 12.0 Å². The summed E-state index contributed by atoms with van der Waals surface area (Å²) in [7, 11) is 0. The lowest BCUT2D eigenvalue weighted by atomic mass is 10.0. The highest BCUT2D eigenvalue weighted by molar-refractivity contribution is 6.31. The van der Waals surface area contributed by atoms with Crippen molar-refractivity contribution in [2.24, 2.45) is 0 Å². The van der Waals surface area contributed by atoms with Crippen LogP contribution in [0.4, 0.5) is 0 Å². The minimum atomic E-state index is -1.07. The largest absolute Gasteiger partial charge is 0.479 e. The van der Waals surface area contributed by atoms with Crippen molar-refractivity contribution in [3.05, 3.63) is 34.3 Å². The first-order valence-electron chi connectivity index (χ1n) is 5.21. The van der Waals surface area contributed by atoms with Crippen LogP contribution in [0.2, 0.25) is 5.02 Å². The molecule has 0 aliphatic heterocycles. The van der Waals surface area contributed by atoms with Gasteiger partial charge in [0.05, 0.1) is 0 Å². The van der Waals surface area contributed by atoms with Crippen molar-refractivity contribution >= 4 is 24.0 Å². The molecule has 1 atom stereocenters. The average molecular weight is 256 g/mol. The number of hydrogen-bond donors (Lipinski definition) is 1. The van der Waals surface area contributed by atoms with Gasteiger partial charge in [-0.05, 0) is 31.0 Å². The number of carbonyl (C=O) groups excluding carboxylic acids is 1. The van der Waals surface area contributed by atoms with Crippen molar-refractivity contribution in [2.75, 3.05) is 6.54 Å². The number of aryl methyl sites for hydroxylation is 1. The molecule has 1 rings (SSSR count). The summed E-state index contributed by atoms with van der Waals surface area (Å²) in [6, 6.07) is 4.01. The van der Waals surface area contributed by atoms with Gasteiger partial charge in [-0.25, -0.2) is 4.79 Å². The molecule has 0 heterocycles. The van der Waals surface area contributed by atoms with Crippen molar-refractivity contribution in [3.8, 4) is 0 Å². The van der Waals surface area contributed by atoms with Gasteiger partial charge in [-0.3, -0.25) is 4.79 Å². The van der Waals surface area contributed by atoms with Crippen LogP contribution in [-0.2, 0) is 9.59 Å². The lowest BCUT2D eigenvalue weighted by Gasteiger charge is -2.24. The average Bonchev–Trinajstić information content (AvgIpc) is 2.29. The fraction of sp³-hybridized carbons (Fsp3) is 0.333. The lowest BCUT2D eigenvalue weighted by molar-refractivity contribution is -0.146. The third-order valence-corrected chi connectivity index (χ3v) is 2.98. The molecule has 0 saturated heterocycles. The number of nitrogens with zero attached hydrogens (tertiary/aromatic N) is 1. The number of rotatable bonds is 5. The number of likely N-dealkylation sites (N-methyl/N-ethyl adjacent to an activating group) is 1. The Kier molecular flexibility index (Phi) is 4.52. The van der Waals surface area contributed by atoms with E-state index in [0.29, 0.717) is 23.5 Å². The molecule has 92 valence electrons. The standard InChI is InChI=1S/C12H14ClNO3/c1-3-14(7-15)11(12(16)17)9-5-4-8(2)10(13)6-9/h4-7,11H,3H2,1-2H3,(H,16,17). The van der Waals surface area contributed by atoms with Crippen LogP contribution in [0.3, 0.4) is 0 Å². The summed E-state index contributed by atoms with van der Waals surface area (Å²) >= 11 is 5.95. The van der Waals surface area contributed by atoms with E-state index >= 15 is 0 Å². The third kappa shape index (κ3) is 2.97. The van der Waals surface area contributed by atoms with Crippen LogP contribution in [0.5, 0.6) is 0 Å². The zero-order valence-corrected chi connectivity index (χ0v) is 10.4. The molecule has 0 spiro atoms. The van der Waals surface area contributed by atoms with Crippen LogP contribution in [-0.4, -0.2) is 28.9 Å². The molecule has 1 unspecified atom stereocenters. The molecule has 17 heavy (non-hydrogen) atoms. The molecule has 1 aromatic carbocycles. The minimum Gasteiger partial charge on any atom is -0.479 e. The molecule has 0 saturated carbocycles. The first-order chi connectivity index (χ1) is 8.01. The molecule has 0 aliphatic carbocycles. The number of halogens is 1. The maximum atomic E-state index is 11.2. The van der Waals surface area contributed by atoms with E-state index in [9.17, 15) is 14.7 Å². The normalized spacial score (nSPS) is 11.9.